The third kappa shape index (κ3) is 4.27. The Hall–Kier alpha value is -2.97. The maximum Gasteiger partial charge on any atom is 0.354 e. The van der Waals surface area contributed by atoms with Gasteiger partial charge in [0.1, 0.15) is 12.0 Å². The van der Waals surface area contributed by atoms with Crippen LogP contribution in [0.5, 0.6) is 0 Å². The van der Waals surface area contributed by atoms with Crippen LogP contribution in [-0.2, 0) is 20.1 Å². The molecule has 0 aliphatic carbocycles. The van der Waals surface area contributed by atoms with Crippen molar-refractivity contribution in [3.8, 4) is 0 Å². The molecule has 0 aromatic carbocycles. The van der Waals surface area contributed by atoms with Crippen molar-refractivity contribution in [2.75, 3.05) is 0 Å². The van der Waals surface area contributed by atoms with Crippen molar-refractivity contribution < 1.29 is 14.7 Å². The summed E-state index contributed by atoms with van der Waals surface area (Å²) >= 11 is 0. The number of carboxylic acid groups (broad SMARTS) is 1. The molecule has 2 rings (SSSR count). The highest BCUT2D eigenvalue weighted by Crippen LogP contribution is 2.00. The molecule has 0 fully saturated rings. The van der Waals surface area contributed by atoms with Gasteiger partial charge in [-0.2, -0.15) is 5.10 Å². The van der Waals surface area contributed by atoms with Crippen LogP contribution in [0.4, 0.5) is 4.79 Å². The molecule has 0 unspecified atom stereocenters. The van der Waals surface area contributed by atoms with Crippen LogP contribution in [0.2, 0.25) is 0 Å². The summed E-state index contributed by atoms with van der Waals surface area (Å²) in [5.74, 6) is -0.574. The Kier molecular flexibility index (Phi) is 4.44. The predicted octanol–water partition coefficient (Wildman–Crippen LogP) is -0.0923. The summed E-state index contributed by atoms with van der Waals surface area (Å²) in [6.07, 6.45) is 2.95. The fourth-order valence-corrected chi connectivity index (χ4v) is 1.52. The van der Waals surface area contributed by atoms with E-state index in [9.17, 15) is 9.59 Å². The zero-order valence-corrected chi connectivity index (χ0v) is 11.3. The van der Waals surface area contributed by atoms with E-state index in [4.69, 9.17) is 5.11 Å². The molecule has 0 saturated heterocycles. The van der Waals surface area contributed by atoms with E-state index in [1.807, 2.05) is 0 Å². The Morgan fingerprint density at radius 2 is 2.00 bits per heavy atom. The van der Waals surface area contributed by atoms with Crippen LogP contribution >= 0.6 is 0 Å². The Labute approximate surface area is 120 Å². The van der Waals surface area contributed by atoms with E-state index in [2.05, 4.69) is 25.7 Å². The van der Waals surface area contributed by atoms with Gasteiger partial charge in [-0.1, -0.05) is 6.07 Å². The Bertz CT molecular complexity index is 637. The minimum absolute atomic E-state index is 0.0376. The number of aromatic carboxylic acids is 1. The first-order valence-corrected chi connectivity index (χ1v) is 6.09. The number of rotatable bonds is 5. The third-order valence-electron chi connectivity index (χ3n) is 2.55. The number of carboxylic acids is 1. The second-order valence-electron chi connectivity index (χ2n) is 4.23. The quantitative estimate of drug-likeness (QED) is 0.707. The first-order valence-electron chi connectivity index (χ1n) is 6.09. The van der Waals surface area contributed by atoms with E-state index < -0.39 is 5.97 Å². The minimum atomic E-state index is -1.09. The molecule has 0 aliphatic heterocycles. The fourth-order valence-electron chi connectivity index (χ4n) is 1.52. The topological polar surface area (TPSA) is 122 Å². The summed E-state index contributed by atoms with van der Waals surface area (Å²) in [5.41, 5.74) is 0.663. The van der Waals surface area contributed by atoms with Gasteiger partial charge in [-0.05, 0) is 11.6 Å². The molecule has 21 heavy (non-hydrogen) atoms. The normalized spacial score (nSPS) is 10.1. The van der Waals surface area contributed by atoms with Gasteiger partial charge in [0.2, 0.25) is 0 Å². The molecule has 0 aliphatic rings. The lowest BCUT2D eigenvalue weighted by Gasteiger charge is -2.06. The highest BCUT2D eigenvalue weighted by atomic mass is 16.4. The van der Waals surface area contributed by atoms with E-state index in [0.29, 0.717) is 11.4 Å². The smallest absolute Gasteiger partial charge is 0.354 e. The third-order valence-corrected chi connectivity index (χ3v) is 2.55. The van der Waals surface area contributed by atoms with Crippen LogP contribution in [0.25, 0.3) is 0 Å². The van der Waals surface area contributed by atoms with E-state index in [-0.39, 0.29) is 24.8 Å². The van der Waals surface area contributed by atoms with Crippen LogP contribution in [0, 0.1) is 0 Å². The summed E-state index contributed by atoms with van der Waals surface area (Å²) in [5, 5.41) is 18.0. The second-order valence-corrected chi connectivity index (χ2v) is 4.23. The van der Waals surface area contributed by atoms with Gasteiger partial charge in [0.25, 0.3) is 0 Å². The summed E-state index contributed by atoms with van der Waals surface area (Å²) in [6, 6.07) is 2.61. The number of aryl methyl sites for hydroxylation is 1. The van der Waals surface area contributed by atoms with Crippen molar-refractivity contribution in [1.29, 1.82) is 0 Å². The van der Waals surface area contributed by atoms with Crippen molar-refractivity contribution >= 4 is 12.0 Å². The van der Waals surface area contributed by atoms with Gasteiger partial charge in [-0.15, -0.1) is 0 Å². The van der Waals surface area contributed by atoms with Gasteiger partial charge in [-0.3, -0.25) is 4.68 Å². The summed E-state index contributed by atoms with van der Waals surface area (Å²) in [7, 11) is 1.74. The van der Waals surface area contributed by atoms with Crippen molar-refractivity contribution in [1.82, 2.24) is 30.4 Å². The number of aromatic nitrogens is 4. The van der Waals surface area contributed by atoms with Gasteiger partial charge in [0, 0.05) is 19.8 Å². The number of carbonyl (C=O) groups excluding carboxylic acids is 1. The lowest BCUT2D eigenvalue weighted by Crippen LogP contribution is -2.34. The number of nitrogens with one attached hydrogen (secondary N) is 2. The van der Waals surface area contributed by atoms with E-state index in [0.717, 1.165) is 0 Å². The van der Waals surface area contributed by atoms with Gasteiger partial charge in [0.15, 0.2) is 5.82 Å². The van der Waals surface area contributed by atoms with Crippen molar-refractivity contribution in [3.05, 3.63) is 41.7 Å². The van der Waals surface area contributed by atoms with Crippen molar-refractivity contribution in [2.45, 2.75) is 13.1 Å². The van der Waals surface area contributed by atoms with Crippen LogP contribution in [0.3, 0.4) is 0 Å². The SMILES string of the molecule is Cn1cnc(CNC(=O)NCc2ccc(C(=O)O)nc2)n1. The Balaban J connectivity index is 1.77. The molecule has 0 bridgehead atoms. The second kappa shape index (κ2) is 6.46. The van der Waals surface area contributed by atoms with Crippen LogP contribution in [0.15, 0.2) is 24.7 Å². The lowest BCUT2D eigenvalue weighted by molar-refractivity contribution is 0.0690. The van der Waals surface area contributed by atoms with Gasteiger partial charge in [0.05, 0.1) is 6.54 Å². The molecular weight excluding hydrogens is 276 g/mol. The molecule has 3 N–H and O–H groups in total. The average molecular weight is 290 g/mol. The molecule has 2 aromatic heterocycles. The highest BCUT2D eigenvalue weighted by molar-refractivity contribution is 5.85. The van der Waals surface area contributed by atoms with Crippen LogP contribution in [-0.4, -0.2) is 36.9 Å². The van der Waals surface area contributed by atoms with Gasteiger partial charge >= 0.3 is 12.0 Å². The lowest BCUT2D eigenvalue weighted by atomic mass is 10.2. The molecule has 0 spiro atoms. The first-order chi connectivity index (χ1) is 10.0. The van der Waals surface area contributed by atoms with Crippen molar-refractivity contribution in [2.24, 2.45) is 7.05 Å². The molecule has 2 heterocycles. The zero-order chi connectivity index (χ0) is 15.2. The number of hydrogen-bond acceptors (Lipinski definition) is 5. The molecule has 2 amide bonds. The fraction of sp³-hybridized carbons (Fsp3) is 0.250. The molecule has 0 radical (unpaired) electrons. The number of amides is 2. The number of hydrogen-bond donors (Lipinski definition) is 3. The minimum Gasteiger partial charge on any atom is -0.477 e. The summed E-state index contributed by atoms with van der Waals surface area (Å²) in [4.78, 5) is 30.0. The number of pyridine rings is 1. The average Bonchev–Trinajstić information content (AvgIpc) is 2.89. The largest absolute Gasteiger partial charge is 0.477 e. The van der Waals surface area contributed by atoms with E-state index >= 15 is 0 Å². The zero-order valence-electron chi connectivity index (χ0n) is 11.3. The van der Waals surface area contributed by atoms with Crippen LogP contribution in [0.1, 0.15) is 21.9 Å². The Morgan fingerprint density at radius 3 is 2.57 bits per heavy atom. The summed E-state index contributed by atoms with van der Waals surface area (Å²) < 4.78 is 1.55. The van der Waals surface area contributed by atoms with E-state index in [1.165, 1.54) is 12.3 Å². The number of carbonyl (C=O) groups is 2. The standard InChI is InChI=1S/C12H14N6O3/c1-18-7-16-10(17-18)6-15-12(21)14-5-8-2-3-9(11(19)20)13-4-8/h2-4,7H,5-6H2,1H3,(H,19,20)(H2,14,15,21). The van der Waals surface area contributed by atoms with Crippen LogP contribution < -0.4 is 10.6 Å². The van der Waals surface area contributed by atoms with Gasteiger partial charge < -0.3 is 15.7 Å². The predicted molar refractivity (Wildman–Crippen MR) is 71.3 cm³/mol. The Morgan fingerprint density at radius 1 is 1.24 bits per heavy atom. The molecule has 9 heteroatoms. The number of nitrogens with zero attached hydrogens (tertiary/aromatic N) is 4. The highest BCUT2D eigenvalue weighted by Gasteiger charge is 2.05. The van der Waals surface area contributed by atoms with Crippen molar-refractivity contribution in [3.63, 3.8) is 0 Å². The molecule has 0 saturated carbocycles. The molecule has 110 valence electrons. The monoisotopic (exact) mass is 290 g/mol. The molecule has 9 nitrogen and oxygen atoms in total. The molecule has 2 aromatic rings. The van der Waals surface area contributed by atoms with Gasteiger partial charge in [-0.25, -0.2) is 19.6 Å². The van der Waals surface area contributed by atoms with E-state index in [1.54, 1.807) is 24.1 Å². The number of urea groups is 1. The molecule has 0 atom stereocenters. The first kappa shape index (κ1) is 14.4. The maximum absolute atomic E-state index is 11.6. The summed E-state index contributed by atoms with van der Waals surface area (Å²) in [6.45, 7) is 0.469. The maximum atomic E-state index is 11.6. The molecular formula is C12H14N6O3.